The molecule has 0 spiro atoms. The highest BCUT2D eigenvalue weighted by Crippen LogP contribution is 2.13. The predicted octanol–water partition coefficient (Wildman–Crippen LogP) is 1.09. The summed E-state index contributed by atoms with van der Waals surface area (Å²) in [5, 5.41) is 21.7. The third-order valence-electron chi connectivity index (χ3n) is 2.04. The second kappa shape index (κ2) is 5.36. The van der Waals surface area contributed by atoms with Crippen LogP contribution in [0.15, 0.2) is 17.2 Å². The maximum atomic E-state index is 9.13. The summed E-state index contributed by atoms with van der Waals surface area (Å²) in [7, 11) is -1.50. The second-order valence-corrected chi connectivity index (χ2v) is 4.22. The molecule has 1 rings (SSSR count). The van der Waals surface area contributed by atoms with E-state index in [1.807, 2.05) is 13.0 Å². The smallest absolute Gasteiger partial charge is 0.423 e. The Kier molecular flexibility index (Phi) is 4.40. The van der Waals surface area contributed by atoms with E-state index in [-0.39, 0.29) is 6.54 Å². The SMILES string of the molecule is Cc1c(I)cc(CN=[N+]=[N-])cc1B(O)O. The van der Waals surface area contributed by atoms with Crippen LogP contribution in [0.25, 0.3) is 10.4 Å². The third-order valence-corrected chi connectivity index (χ3v) is 3.16. The van der Waals surface area contributed by atoms with Gasteiger partial charge in [0.2, 0.25) is 0 Å². The summed E-state index contributed by atoms with van der Waals surface area (Å²) in [6, 6.07) is 3.49. The summed E-state index contributed by atoms with van der Waals surface area (Å²) in [6.45, 7) is 2.03. The zero-order valence-corrected chi connectivity index (χ0v) is 10.2. The molecule has 1 aromatic carbocycles. The normalized spacial score (nSPS) is 9.60. The van der Waals surface area contributed by atoms with Crippen LogP contribution in [0.2, 0.25) is 0 Å². The van der Waals surface area contributed by atoms with E-state index in [9.17, 15) is 0 Å². The van der Waals surface area contributed by atoms with Gasteiger partial charge in [0.15, 0.2) is 0 Å². The molecule has 2 N–H and O–H groups in total. The molecule has 0 unspecified atom stereocenters. The molecule has 0 amide bonds. The van der Waals surface area contributed by atoms with Gasteiger partial charge in [0, 0.05) is 8.48 Å². The van der Waals surface area contributed by atoms with E-state index >= 15 is 0 Å². The van der Waals surface area contributed by atoms with Crippen LogP contribution < -0.4 is 5.46 Å². The summed E-state index contributed by atoms with van der Waals surface area (Å²) in [5.74, 6) is 0. The molecule has 78 valence electrons. The molecular formula is C8H9BIN3O2. The minimum absolute atomic E-state index is 0.215. The number of azide groups is 1. The molecule has 0 aliphatic carbocycles. The maximum Gasteiger partial charge on any atom is 0.488 e. The molecule has 0 aromatic heterocycles. The molecule has 0 fully saturated rings. The Morgan fingerprint density at radius 1 is 1.53 bits per heavy atom. The van der Waals surface area contributed by atoms with Crippen molar-refractivity contribution in [1.29, 1.82) is 0 Å². The van der Waals surface area contributed by atoms with Crippen LogP contribution in [-0.4, -0.2) is 17.2 Å². The predicted molar refractivity (Wildman–Crippen MR) is 66.6 cm³/mol. The Bertz CT molecular complexity index is 419. The minimum Gasteiger partial charge on any atom is -0.423 e. The first kappa shape index (κ1) is 12.3. The fourth-order valence-electron chi connectivity index (χ4n) is 1.23. The van der Waals surface area contributed by atoms with Crippen molar-refractivity contribution in [3.63, 3.8) is 0 Å². The number of halogens is 1. The van der Waals surface area contributed by atoms with Gasteiger partial charge in [-0.25, -0.2) is 0 Å². The standard InChI is InChI=1S/C8H9BIN3O2/c1-5-7(9(14)15)2-6(3-8(5)10)4-12-13-11/h2-3,14-15H,4H2,1H3. The summed E-state index contributed by atoms with van der Waals surface area (Å²) < 4.78 is 0.918. The van der Waals surface area contributed by atoms with Gasteiger partial charge in [-0.05, 0) is 57.7 Å². The quantitative estimate of drug-likeness (QED) is 0.287. The number of rotatable bonds is 3. The van der Waals surface area contributed by atoms with Crippen LogP contribution in [0.1, 0.15) is 11.1 Å². The van der Waals surface area contributed by atoms with E-state index in [0.29, 0.717) is 5.46 Å². The van der Waals surface area contributed by atoms with E-state index in [2.05, 4.69) is 32.6 Å². The second-order valence-electron chi connectivity index (χ2n) is 3.05. The van der Waals surface area contributed by atoms with E-state index in [1.54, 1.807) is 6.07 Å². The Balaban J connectivity index is 3.16. The Morgan fingerprint density at radius 3 is 2.73 bits per heavy atom. The van der Waals surface area contributed by atoms with E-state index < -0.39 is 7.12 Å². The number of hydrogen-bond acceptors (Lipinski definition) is 3. The zero-order chi connectivity index (χ0) is 11.4. The van der Waals surface area contributed by atoms with Crippen molar-refractivity contribution in [1.82, 2.24) is 0 Å². The topological polar surface area (TPSA) is 89.2 Å². The van der Waals surface area contributed by atoms with Crippen molar-refractivity contribution >= 4 is 35.2 Å². The van der Waals surface area contributed by atoms with E-state index in [4.69, 9.17) is 15.6 Å². The van der Waals surface area contributed by atoms with Crippen LogP contribution in [0.4, 0.5) is 0 Å². The van der Waals surface area contributed by atoms with Crippen LogP contribution in [0.5, 0.6) is 0 Å². The first-order valence-electron chi connectivity index (χ1n) is 4.22. The molecule has 0 saturated carbocycles. The minimum atomic E-state index is -1.50. The average molecular weight is 317 g/mol. The highest BCUT2D eigenvalue weighted by atomic mass is 127. The molecule has 15 heavy (non-hydrogen) atoms. The molecule has 5 nitrogen and oxygen atoms in total. The monoisotopic (exact) mass is 317 g/mol. The first-order chi connectivity index (χ1) is 7.06. The summed E-state index contributed by atoms with van der Waals surface area (Å²) in [5.41, 5.74) is 10.2. The van der Waals surface area contributed by atoms with Gasteiger partial charge in [0.05, 0.1) is 6.54 Å². The van der Waals surface area contributed by atoms with E-state index in [0.717, 1.165) is 14.7 Å². The van der Waals surface area contributed by atoms with Crippen molar-refractivity contribution in [2.75, 3.05) is 0 Å². The molecule has 0 atom stereocenters. The van der Waals surface area contributed by atoms with Gasteiger partial charge in [-0.2, -0.15) is 0 Å². The molecule has 0 radical (unpaired) electrons. The fraction of sp³-hybridized carbons (Fsp3) is 0.250. The average Bonchev–Trinajstić information content (AvgIpc) is 2.19. The fourth-order valence-corrected chi connectivity index (χ4v) is 1.94. The zero-order valence-electron chi connectivity index (χ0n) is 8.05. The Labute approximate surface area is 101 Å². The van der Waals surface area contributed by atoms with Crippen LogP contribution >= 0.6 is 22.6 Å². The first-order valence-corrected chi connectivity index (χ1v) is 5.30. The lowest BCUT2D eigenvalue weighted by Crippen LogP contribution is -2.33. The maximum absolute atomic E-state index is 9.13. The Morgan fingerprint density at radius 2 is 2.20 bits per heavy atom. The van der Waals surface area contributed by atoms with Crippen molar-refractivity contribution < 1.29 is 10.0 Å². The summed E-state index contributed by atoms with van der Waals surface area (Å²) in [6.07, 6.45) is 0. The molecular weight excluding hydrogens is 308 g/mol. The molecule has 0 saturated heterocycles. The van der Waals surface area contributed by atoms with Crippen LogP contribution in [-0.2, 0) is 6.54 Å². The van der Waals surface area contributed by atoms with Crippen molar-refractivity contribution in [2.45, 2.75) is 13.5 Å². The van der Waals surface area contributed by atoms with E-state index in [1.165, 1.54) is 0 Å². The number of benzene rings is 1. The molecule has 0 aliphatic heterocycles. The van der Waals surface area contributed by atoms with Crippen molar-refractivity contribution in [3.05, 3.63) is 37.3 Å². The van der Waals surface area contributed by atoms with Gasteiger partial charge < -0.3 is 10.0 Å². The number of nitrogens with zero attached hydrogens (tertiary/aromatic N) is 3. The molecule has 0 aliphatic rings. The lowest BCUT2D eigenvalue weighted by molar-refractivity contribution is 0.425. The van der Waals surface area contributed by atoms with Crippen molar-refractivity contribution in [2.24, 2.45) is 5.11 Å². The highest BCUT2D eigenvalue weighted by molar-refractivity contribution is 14.1. The van der Waals surface area contributed by atoms with Gasteiger partial charge in [-0.1, -0.05) is 11.2 Å². The van der Waals surface area contributed by atoms with Crippen LogP contribution in [0.3, 0.4) is 0 Å². The third kappa shape index (κ3) is 3.10. The lowest BCUT2D eigenvalue weighted by atomic mass is 9.76. The molecule has 0 bridgehead atoms. The Hall–Kier alpha value is -0.755. The van der Waals surface area contributed by atoms with Gasteiger partial charge >= 0.3 is 7.12 Å². The van der Waals surface area contributed by atoms with Crippen LogP contribution in [0, 0.1) is 10.5 Å². The molecule has 0 heterocycles. The highest BCUT2D eigenvalue weighted by Gasteiger charge is 2.16. The largest absolute Gasteiger partial charge is 0.488 e. The van der Waals surface area contributed by atoms with Gasteiger partial charge in [0.25, 0.3) is 0 Å². The summed E-state index contributed by atoms with van der Waals surface area (Å²) in [4.78, 5) is 2.66. The molecule has 7 heteroatoms. The summed E-state index contributed by atoms with van der Waals surface area (Å²) >= 11 is 2.10. The lowest BCUT2D eigenvalue weighted by Gasteiger charge is -2.09. The van der Waals surface area contributed by atoms with Gasteiger partial charge in [0.1, 0.15) is 0 Å². The van der Waals surface area contributed by atoms with Crippen molar-refractivity contribution in [3.8, 4) is 0 Å². The molecule has 1 aromatic rings. The van der Waals surface area contributed by atoms with Gasteiger partial charge in [-0.3, -0.25) is 0 Å². The van der Waals surface area contributed by atoms with Gasteiger partial charge in [-0.15, -0.1) is 0 Å². The number of hydrogen-bond donors (Lipinski definition) is 2.